The van der Waals surface area contributed by atoms with Crippen LogP contribution in [0.2, 0.25) is 0 Å². The Hall–Kier alpha value is -2.93. The summed E-state index contributed by atoms with van der Waals surface area (Å²) in [5.74, 6) is -0.372. The van der Waals surface area contributed by atoms with Gasteiger partial charge in [-0.15, -0.1) is 0 Å². The van der Waals surface area contributed by atoms with Gasteiger partial charge in [-0.2, -0.15) is 0 Å². The van der Waals surface area contributed by atoms with Crippen LogP contribution in [-0.4, -0.2) is 64.5 Å². The first-order valence-corrected chi connectivity index (χ1v) is 13.4. The van der Waals surface area contributed by atoms with Crippen LogP contribution in [0.3, 0.4) is 0 Å². The number of hydrogen-bond donors (Lipinski definition) is 3. The summed E-state index contributed by atoms with van der Waals surface area (Å²) < 4.78 is 51.6. The molecule has 0 atom stereocenters. The van der Waals surface area contributed by atoms with Crippen molar-refractivity contribution < 1.29 is 36.8 Å². The maximum Gasteiger partial charge on any atom is 0.479 e. The van der Waals surface area contributed by atoms with Gasteiger partial charge in [0.15, 0.2) is 0 Å². The SMILES string of the molecule is CNC(=O)c1c(-c2ccc(F)cc2)oc2cc(N(CCCOCB(O)O)S(C)(=O)=O)c(C3CC3)cc12. The predicted octanol–water partition coefficient (Wildman–Crippen LogP) is 2.66. The van der Waals surface area contributed by atoms with Crippen LogP contribution in [-0.2, 0) is 14.8 Å². The molecule has 1 amide bonds. The van der Waals surface area contributed by atoms with Crippen molar-refractivity contribution >= 4 is 39.7 Å². The van der Waals surface area contributed by atoms with Crippen LogP contribution in [0.15, 0.2) is 40.8 Å². The third-order valence-electron chi connectivity index (χ3n) is 6.00. The third kappa shape index (κ3) is 5.72. The number of amides is 1. The van der Waals surface area contributed by atoms with E-state index in [1.54, 1.807) is 6.07 Å². The van der Waals surface area contributed by atoms with Gasteiger partial charge in [0.05, 0.1) is 24.0 Å². The van der Waals surface area contributed by atoms with Gasteiger partial charge in [-0.05, 0) is 61.1 Å². The van der Waals surface area contributed by atoms with Crippen LogP contribution < -0.4 is 9.62 Å². The predicted molar refractivity (Wildman–Crippen MR) is 135 cm³/mol. The average Bonchev–Trinajstić information content (AvgIpc) is 3.60. The van der Waals surface area contributed by atoms with Gasteiger partial charge in [-0.3, -0.25) is 9.10 Å². The summed E-state index contributed by atoms with van der Waals surface area (Å²) in [5.41, 5.74) is 2.42. The molecule has 1 saturated carbocycles. The molecule has 1 fully saturated rings. The number of anilines is 1. The monoisotopic (exact) mass is 518 g/mol. The molecule has 1 aliphatic rings. The molecule has 1 heterocycles. The minimum atomic E-state index is -3.68. The Bertz CT molecular complexity index is 1360. The largest absolute Gasteiger partial charge is 0.479 e. The van der Waals surface area contributed by atoms with Gasteiger partial charge in [0, 0.05) is 37.2 Å². The molecule has 2 aromatic carbocycles. The van der Waals surface area contributed by atoms with E-state index in [1.165, 1.54) is 35.6 Å². The van der Waals surface area contributed by atoms with Crippen molar-refractivity contribution in [3.63, 3.8) is 0 Å². The van der Waals surface area contributed by atoms with Gasteiger partial charge in [0.25, 0.3) is 5.91 Å². The minimum Gasteiger partial charge on any atom is -0.455 e. The molecule has 3 N–H and O–H groups in total. The normalized spacial score (nSPS) is 13.7. The lowest BCUT2D eigenvalue weighted by atomic mass is 9.95. The zero-order valence-corrected chi connectivity index (χ0v) is 20.8. The summed E-state index contributed by atoms with van der Waals surface area (Å²) in [7, 11) is -3.77. The Morgan fingerprint density at radius 1 is 1.25 bits per heavy atom. The highest BCUT2D eigenvalue weighted by atomic mass is 32.2. The van der Waals surface area contributed by atoms with E-state index in [9.17, 15) is 17.6 Å². The van der Waals surface area contributed by atoms with Crippen LogP contribution in [0.1, 0.15) is 41.1 Å². The van der Waals surface area contributed by atoms with E-state index in [-0.39, 0.29) is 37.2 Å². The Labute approximate surface area is 209 Å². The first-order valence-electron chi connectivity index (χ1n) is 11.6. The molecule has 0 spiro atoms. The molecule has 0 radical (unpaired) electrons. The van der Waals surface area contributed by atoms with E-state index < -0.39 is 23.0 Å². The lowest BCUT2D eigenvalue weighted by Gasteiger charge is -2.25. The standard InChI is InChI=1S/C24H28BFN2O7S/c1-27-24(29)22-19-12-18(15-4-5-15)20(28(36(2,32)33)10-3-11-34-14-25(30)31)13-21(19)35-23(22)16-6-8-17(26)9-7-16/h6-9,12-13,15,30-31H,3-5,10-11,14H2,1-2H3,(H,27,29). The van der Waals surface area contributed by atoms with Gasteiger partial charge < -0.3 is 24.5 Å². The Morgan fingerprint density at radius 2 is 1.94 bits per heavy atom. The van der Waals surface area contributed by atoms with Crippen LogP contribution >= 0.6 is 0 Å². The van der Waals surface area contributed by atoms with Crippen molar-refractivity contribution in [1.29, 1.82) is 0 Å². The van der Waals surface area contributed by atoms with Gasteiger partial charge in [0.1, 0.15) is 17.2 Å². The molecule has 0 bridgehead atoms. The average molecular weight is 518 g/mol. The number of furan rings is 1. The number of rotatable bonds is 11. The van der Waals surface area contributed by atoms with Crippen LogP contribution in [0.4, 0.5) is 10.1 Å². The first-order chi connectivity index (χ1) is 17.1. The molecule has 0 unspecified atom stereocenters. The van der Waals surface area contributed by atoms with E-state index in [0.717, 1.165) is 24.7 Å². The fourth-order valence-corrected chi connectivity index (χ4v) is 5.18. The number of sulfonamides is 1. The molecule has 9 nitrogen and oxygen atoms in total. The Balaban J connectivity index is 1.80. The number of carbonyl (C=O) groups excluding carboxylic acids is 1. The second-order valence-corrected chi connectivity index (χ2v) is 10.7. The second-order valence-electron chi connectivity index (χ2n) is 8.82. The van der Waals surface area contributed by atoms with Crippen molar-refractivity contribution in [2.24, 2.45) is 0 Å². The zero-order valence-electron chi connectivity index (χ0n) is 20.0. The summed E-state index contributed by atoms with van der Waals surface area (Å²) in [6, 6.07) is 9.06. The maximum atomic E-state index is 13.5. The van der Waals surface area contributed by atoms with Crippen LogP contribution in [0, 0.1) is 5.82 Å². The van der Waals surface area contributed by atoms with E-state index >= 15 is 0 Å². The number of benzene rings is 2. The number of nitrogens with zero attached hydrogens (tertiary/aromatic N) is 1. The molecule has 1 aliphatic carbocycles. The van der Waals surface area contributed by atoms with Crippen molar-refractivity contribution in [2.45, 2.75) is 25.2 Å². The molecular formula is C24H28BFN2O7S. The summed E-state index contributed by atoms with van der Waals surface area (Å²) in [6.07, 6.45) is 3.23. The molecule has 3 aromatic rings. The first kappa shape index (κ1) is 26.1. The second kappa shape index (κ2) is 10.6. The lowest BCUT2D eigenvalue weighted by molar-refractivity contribution is 0.0964. The Kier molecular flexibility index (Phi) is 7.69. The van der Waals surface area contributed by atoms with Crippen LogP contribution in [0.25, 0.3) is 22.3 Å². The van der Waals surface area contributed by atoms with E-state index in [0.29, 0.717) is 34.2 Å². The highest BCUT2D eigenvalue weighted by Gasteiger charge is 2.33. The number of nitrogens with one attached hydrogen (secondary N) is 1. The fourth-order valence-electron chi connectivity index (χ4n) is 4.21. The van der Waals surface area contributed by atoms with Crippen molar-refractivity contribution in [1.82, 2.24) is 5.32 Å². The molecule has 1 aromatic heterocycles. The van der Waals surface area contributed by atoms with Crippen molar-refractivity contribution in [3.8, 4) is 11.3 Å². The number of carbonyl (C=O) groups is 1. The van der Waals surface area contributed by atoms with Gasteiger partial charge in [-0.25, -0.2) is 12.8 Å². The summed E-state index contributed by atoms with van der Waals surface area (Å²) in [6.45, 7) is -0.0146. The Morgan fingerprint density at radius 3 is 2.53 bits per heavy atom. The maximum absolute atomic E-state index is 13.5. The minimum absolute atomic E-state index is 0.111. The quantitative estimate of drug-likeness (QED) is 0.263. The molecule has 0 saturated heterocycles. The smallest absolute Gasteiger partial charge is 0.455 e. The topological polar surface area (TPSA) is 129 Å². The highest BCUT2D eigenvalue weighted by Crippen LogP contribution is 2.48. The zero-order chi connectivity index (χ0) is 26.0. The third-order valence-corrected chi connectivity index (χ3v) is 7.18. The van der Waals surface area contributed by atoms with E-state index in [1.807, 2.05) is 6.07 Å². The number of halogens is 1. The molecule has 192 valence electrons. The number of fused-ring (bicyclic) bond motifs is 1. The fraction of sp³-hybridized carbons (Fsp3) is 0.375. The highest BCUT2D eigenvalue weighted by molar-refractivity contribution is 7.92. The van der Waals surface area contributed by atoms with Gasteiger partial charge in [-0.1, -0.05) is 0 Å². The number of hydrogen-bond acceptors (Lipinski definition) is 7. The summed E-state index contributed by atoms with van der Waals surface area (Å²) in [4.78, 5) is 12.9. The number of ether oxygens (including phenoxy) is 1. The molecule has 4 rings (SSSR count). The van der Waals surface area contributed by atoms with E-state index in [4.69, 9.17) is 19.2 Å². The lowest BCUT2D eigenvalue weighted by Crippen LogP contribution is -2.32. The van der Waals surface area contributed by atoms with Crippen LogP contribution in [0.5, 0.6) is 0 Å². The molecular weight excluding hydrogens is 490 g/mol. The molecule has 12 heteroatoms. The van der Waals surface area contributed by atoms with Gasteiger partial charge in [0.2, 0.25) is 10.0 Å². The molecule has 0 aliphatic heterocycles. The van der Waals surface area contributed by atoms with Crippen molar-refractivity contribution in [3.05, 3.63) is 53.3 Å². The summed E-state index contributed by atoms with van der Waals surface area (Å²) in [5, 5.41) is 21.0. The summed E-state index contributed by atoms with van der Waals surface area (Å²) >= 11 is 0. The van der Waals surface area contributed by atoms with Crippen molar-refractivity contribution in [2.75, 3.05) is 37.3 Å². The van der Waals surface area contributed by atoms with Gasteiger partial charge >= 0.3 is 7.12 Å². The molecule has 36 heavy (non-hydrogen) atoms. The van der Waals surface area contributed by atoms with E-state index in [2.05, 4.69) is 5.32 Å².